The summed E-state index contributed by atoms with van der Waals surface area (Å²) in [7, 11) is 0. The van der Waals surface area contributed by atoms with E-state index in [0.717, 1.165) is 38.0 Å². The van der Waals surface area contributed by atoms with Crippen molar-refractivity contribution in [3.8, 4) is 11.5 Å². The molecule has 2 atom stereocenters. The molecule has 7 nitrogen and oxygen atoms in total. The monoisotopic (exact) mass is 452 g/mol. The second-order valence-corrected chi connectivity index (χ2v) is 8.89. The van der Waals surface area contributed by atoms with Gasteiger partial charge in [0.25, 0.3) is 0 Å². The second kappa shape index (κ2) is 11.4. The van der Waals surface area contributed by atoms with Crippen LogP contribution in [-0.4, -0.2) is 53.9 Å². The van der Waals surface area contributed by atoms with Gasteiger partial charge in [0.15, 0.2) is 11.5 Å². The molecule has 1 fully saturated rings. The Kier molecular flexibility index (Phi) is 8.10. The number of nitrogens with zero attached hydrogens (tertiary/aromatic N) is 2. The molecule has 0 aliphatic carbocycles. The Labute approximate surface area is 196 Å². The summed E-state index contributed by atoms with van der Waals surface area (Å²) in [5.41, 5.74) is 9.01. The Bertz CT molecular complexity index is 915. The lowest BCUT2D eigenvalue weighted by molar-refractivity contribution is 0.0616. The van der Waals surface area contributed by atoms with Gasteiger partial charge >= 0.3 is 0 Å². The summed E-state index contributed by atoms with van der Waals surface area (Å²) < 4.78 is 11.3. The van der Waals surface area contributed by atoms with Gasteiger partial charge in [0.2, 0.25) is 0 Å². The van der Waals surface area contributed by atoms with Gasteiger partial charge in [-0.05, 0) is 68.5 Å². The first kappa shape index (κ1) is 23.4. The number of likely N-dealkylation sites (tertiary alicyclic amines) is 1. The summed E-state index contributed by atoms with van der Waals surface area (Å²) in [4.78, 5) is 2.43. The van der Waals surface area contributed by atoms with Crippen molar-refractivity contribution < 1.29 is 14.6 Å². The smallest absolute Gasteiger partial charge is 0.161 e. The van der Waals surface area contributed by atoms with Crippen molar-refractivity contribution in [1.82, 2.24) is 9.91 Å². The van der Waals surface area contributed by atoms with Crippen molar-refractivity contribution >= 4 is 0 Å². The molecule has 2 aromatic carbocycles. The summed E-state index contributed by atoms with van der Waals surface area (Å²) in [6, 6.07) is 15.5. The van der Waals surface area contributed by atoms with Crippen LogP contribution in [0.2, 0.25) is 0 Å². The van der Waals surface area contributed by atoms with Crippen molar-refractivity contribution in [2.24, 2.45) is 11.6 Å². The van der Waals surface area contributed by atoms with E-state index in [2.05, 4.69) is 17.0 Å². The Balaban J connectivity index is 1.46. The van der Waals surface area contributed by atoms with Crippen molar-refractivity contribution in [2.45, 2.75) is 44.2 Å². The fraction of sp³-hybridized carbons (Fsp3) is 0.462. The van der Waals surface area contributed by atoms with Crippen LogP contribution in [0.4, 0.5) is 0 Å². The number of hydrogen-bond donors (Lipinski definition) is 3. The third kappa shape index (κ3) is 6.41. The number of aryl methyl sites for hydroxylation is 1. The molecule has 2 aromatic rings. The van der Waals surface area contributed by atoms with Gasteiger partial charge in [-0.2, -0.15) is 0 Å². The molecule has 0 aromatic heterocycles. The molecular weight excluding hydrogens is 416 g/mol. The highest BCUT2D eigenvalue weighted by Gasteiger charge is 2.27. The number of ether oxygens (including phenoxy) is 2. The van der Waals surface area contributed by atoms with E-state index in [0.29, 0.717) is 36.8 Å². The van der Waals surface area contributed by atoms with E-state index in [4.69, 9.17) is 21.1 Å². The van der Waals surface area contributed by atoms with Gasteiger partial charge in [0.05, 0.1) is 6.04 Å². The zero-order chi connectivity index (χ0) is 23.0. The molecule has 2 aliphatic rings. The van der Waals surface area contributed by atoms with Crippen LogP contribution >= 0.6 is 0 Å². The average molecular weight is 453 g/mol. The van der Waals surface area contributed by atoms with E-state index in [1.54, 1.807) is 11.2 Å². The fourth-order valence-electron chi connectivity index (χ4n) is 4.54. The maximum Gasteiger partial charge on any atom is 0.161 e. The van der Waals surface area contributed by atoms with Crippen LogP contribution in [0.15, 0.2) is 60.4 Å². The standard InChI is InChI=1S/C26H36N4O3/c27-22(10-8-20-6-2-1-3-7-20)19-30(28)23(12-15-29-13-4-5-14-29)26(31)21-9-11-24-25(18-21)33-17-16-32-24/h1-3,6-7,9,11,18-19,23,26,31H,4-5,8,10,12-17,27-28H2/b22-19-/t23?,26-/m1/s1. The van der Waals surface area contributed by atoms with Gasteiger partial charge in [0.1, 0.15) is 19.3 Å². The molecule has 0 spiro atoms. The van der Waals surface area contributed by atoms with Crippen LogP contribution in [0.25, 0.3) is 0 Å². The SMILES string of the molecule is N/C(=C\N(N)C(CCN1CCCC1)[C@H](O)c1ccc2c(c1)OCCO2)CCc1ccccc1. The fourth-order valence-corrected chi connectivity index (χ4v) is 4.54. The Morgan fingerprint density at radius 3 is 2.55 bits per heavy atom. The van der Waals surface area contributed by atoms with Crippen molar-refractivity contribution in [1.29, 1.82) is 0 Å². The van der Waals surface area contributed by atoms with Gasteiger partial charge in [-0.3, -0.25) is 0 Å². The lowest BCUT2D eigenvalue weighted by atomic mass is 9.98. The van der Waals surface area contributed by atoms with Crippen LogP contribution in [0.5, 0.6) is 11.5 Å². The van der Waals surface area contributed by atoms with Crippen molar-refractivity contribution in [2.75, 3.05) is 32.8 Å². The molecule has 178 valence electrons. The molecule has 0 saturated carbocycles. The quantitative estimate of drug-likeness (QED) is 0.377. The largest absolute Gasteiger partial charge is 0.486 e. The molecule has 0 amide bonds. The zero-order valence-electron chi connectivity index (χ0n) is 19.2. The molecule has 1 unspecified atom stereocenters. The summed E-state index contributed by atoms with van der Waals surface area (Å²) >= 11 is 0. The van der Waals surface area contributed by atoms with Crippen LogP contribution in [0.3, 0.4) is 0 Å². The van der Waals surface area contributed by atoms with Crippen molar-refractivity contribution in [3.63, 3.8) is 0 Å². The molecule has 7 heteroatoms. The highest BCUT2D eigenvalue weighted by molar-refractivity contribution is 5.44. The van der Waals surface area contributed by atoms with Gasteiger partial charge in [0, 0.05) is 18.4 Å². The molecule has 1 saturated heterocycles. The number of aliphatic hydroxyl groups is 1. The molecule has 2 aliphatic heterocycles. The molecule has 2 heterocycles. The number of allylic oxidation sites excluding steroid dienone is 1. The average Bonchev–Trinajstić information content (AvgIpc) is 3.37. The number of hydrazine groups is 1. The van der Waals surface area contributed by atoms with Crippen molar-refractivity contribution in [3.05, 3.63) is 71.6 Å². The van der Waals surface area contributed by atoms with Crippen LogP contribution < -0.4 is 21.1 Å². The van der Waals surface area contributed by atoms with E-state index in [1.807, 2.05) is 36.4 Å². The number of hydrogen-bond acceptors (Lipinski definition) is 7. The van der Waals surface area contributed by atoms with Gasteiger partial charge in [-0.15, -0.1) is 0 Å². The molecule has 33 heavy (non-hydrogen) atoms. The van der Waals surface area contributed by atoms with Gasteiger partial charge in [-0.1, -0.05) is 36.4 Å². The van der Waals surface area contributed by atoms with E-state index in [1.165, 1.54) is 18.4 Å². The lowest BCUT2D eigenvalue weighted by Gasteiger charge is -2.33. The first-order chi connectivity index (χ1) is 16.1. The second-order valence-electron chi connectivity index (χ2n) is 8.89. The Morgan fingerprint density at radius 1 is 1.06 bits per heavy atom. The molecule has 0 bridgehead atoms. The summed E-state index contributed by atoms with van der Waals surface area (Å²) in [6.07, 6.45) is 5.73. The minimum absolute atomic E-state index is 0.316. The van der Waals surface area contributed by atoms with E-state index in [9.17, 15) is 5.11 Å². The minimum Gasteiger partial charge on any atom is -0.486 e. The number of aliphatic hydroxyl groups excluding tert-OH is 1. The zero-order valence-corrected chi connectivity index (χ0v) is 19.2. The first-order valence-electron chi connectivity index (χ1n) is 11.9. The molecule has 4 rings (SSSR count). The predicted octanol–water partition coefficient (Wildman–Crippen LogP) is 2.95. The minimum atomic E-state index is -0.786. The maximum absolute atomic E-state index is 11.3. The number of nitrogens with two attached hydrogens (primary N) is 2. The van der Waals surface area contributed by atoms with E-state index < -0.39 is 6.10 Å². The van der Waals surface area contributed by atoms with Crippen LogP contribution in [-0.2, 0) is 6.42 Å². The summed E-state index contributed by atoms with van der Waals surface area (Å²) in [5.74, 6) is 7.86. The predicted molar refractivity (Wildman–Crippen MR) is 130 cm³/mol. The lowest BCUT2D eigenvalue weighted by Crippen LogP contribution is -2.43. The third-order valence-corrected chi connectivity index (χ3v) is 6.46. The third-order valence-electron chi connectivity index (χ3n) is 6.46. The highest BCUT2D eigenvalue weighted by Crippen LogP contribution is 2.34. The van der Waals surface area contributed by atoms with E-state index in [-0.39, 0.29) is 6.04 Å². The number of benzene rings is 2. The Morgan fingerprint density at radius 2 is 1.79 bits per heavy atom. The first-order valence-corrected chi connectivity index (χ1v) is 11.9. The van der Waals surface area contributed by atoms with Crippen LogP contribution in [0.1, 0.15) is 42.9 Å². The van der Waals surface area contributed by atoms with E-state index >= 15 is 0 Å². The molecular formula is C26H36N4O3. The highest BCUT2D eigenvalue weighted by atomic mass is 16.6. The summed E-state index contributed by atoms with van der Waals surface area (Å²) in [6.45, 7) is 4.14. The number of fused-ring (bicyclic) bond motifs is 1. The Hall–Kier alpha value is -2.74. The van der Waals surface area contributed by atoms with Gasteiger partial charge in [-0.25, -0.2) is 5.84 Å². The topological polar surface area (TPSA) is 97.2 Å². The maximum atomic E-state index is 11.3. The number of rotatable bonds is 10. The molecule has 0 radical (unpaired) electrons. The summed E-state index contributed by atoms with van der Waals surface area (Å²) in [5, 5.41) is 12.9. The normalized spacial score (nSPS) is 18.2. The van der Waals surface area contributed by atoms with Gasteiger partial charge < -0.3 is 30.2 Å². The van der Waals surface area contributed by atoms with Crippen LogP contribution in [0, 0.1) is 0 Å². The molecule has 5 N–H and O–H groups in total.